The van der Waals surface area contributed by atoms with Crippen LogP contribution in [0.3, 0.4) is 0 Å². The predicted molar refractivity (Wildman–Crippen MR) is 117 cm³/mol. The Morgan fingerprint density at radius 1 is 1.13 bits per heavy atom. The number of hydrogen-bond donors (Lipinski definition) is 0. The van der Waals surface area contributed by atoms with E-state index in [0.29, 0.717) is 41.3 Å². The number of furan rings is 1. The van der Waals surface area contributed by atoms with Crippen molar-refractivity contribution in [3.05, 3.63) is 48.2 Å². The van der Waals surface area contributed by atoms with Gasteiger partial charge in [0.25, 0.3) is 5.89 Å². The fourth-order valence-electron chi connectivity index (χ4n) is 3.41. The molecular formula is C22H24N4O4S. The third-order valence-corrected chi connectivity index (χ3v) is 7.14. The number of unbranched alkanes of at least 4 members (excludes halogenated alkanes) is 1. The molecule has 162 valence electrons. The van der Waals surface area contributed by atoms with Crippen LogP contribution in [-0.4, -0.2) is 40.9 Å². The zero-order chi connectivity index (χ0) is 22.0. The summed E-state index contributed by atoms with van der Waals surface area (Å²) in [5.41, 5.74) is 1.88. The molecule has 0 bridgehead atoms. The van der Waals surface area contributed by atoms with Gasteiger partial charge in [0, 0.05) is 30.2 Å². The number of fused-ring (bicyclic) bond motifs is 1. The molecule has 0 fully saturated rings. The number of hydrogen-bond acceptors (Lipinski definition) is 7. The topological polar surface area (TPSA) is 102 Å². The van der Waals surface area contributed by atoms with Crippen LogP contribution in [0.5, 0.6) is 0 Å². The van der Waals surface area contributed by atoms with Crippen molar-refractivity contribution in [2.24, 2.45) is 0 Å². The molecule has 0 aliphatic heterocycles. The molecule has 0 amide bonds. The van der Waals surface area contributed by atoms with Gasteiger partial charge in [-0.25, -0.2) is 8.42 Å². The van der Waals surface area contributed by atoms with Gasteiger partial charge in [0.05, 0.1) is 4.90 Å². The van der Waals surface area contributed by atoms with Crippen LogP contribution in [0, 0.1) is 6.92 Å². The molecule has 0 saturated heterocycles. The highest BCUT2D eigenvalue weighted by atomic mass is 32.2. The van der Waals surface area contributed by atoms with Crippen LogP contribution in [-0.2, 0) is 10.0 Å². The highest BCUT2D eigenvalue weighted by Crippen LogP contribution is 2.34. The molecule has 0 saturated carbocycles. The second kappa shape index (κ2) is 8.60. The Bertz CT molecular complexity index is 1300. The molecule has 0 radical (unpaired) electrons. The Labute approximate surface area is 181 Å². The van der Waals surface area contributed by atoms with E-state index in [9.17, 15) is 8.42 Å². The third-order valence-electron chi connectivity index (χ3n) is 5.17. The van der Waals surface area contributed by atoms with Crippen molar-refractivity contribution >= 4 is 21.0 Å². The van der Waals surface area contributed by atoms with Crippen molar-refractivity contribution in [3.8, 4) is 23.2 Å². The summed E-state index contributed by atoms with van der Waals surface area (Å²) in [5, 5.41) is 4.68. The lowest BCUT2D eigenvalue weighted by molar-refractivity contribution is 0.418. The fourth-order valence-corrected chi connectivity index (χ4v) is 4.93. The van der Waals surface area contributed by atoms with E-state index in [0.717, 1.165) is 18.4 Å². The lowest BCUT2D eigenvalue weighted by Crippen LogP contribution is -2.31. The Morgan fingerprint density at radius 2 is 1.97 bits per heavy atom. The van der Waals surface area contributed by atoms with Crippen molar-refractivity contribution in [2.45, 2.75) is 38.5 Å². The van der Waals surface area contributed by atoms with Crippen LogP contribution in [0.4, 0.5) is 0 Å². The number of benzene rings is 1. The number of aromatic nitrogens is 3. The summed E-state index contributed by atoms with van der Waals surface area (Å²) in [6.07, 6.45) is 3.40. The number of aryl methyl sites for hydroxylation is 1. The lowest BCUT2D eigenvalue weighted by Gasteiger charge is -2.20. The summed E-state index contributed by atoms with van der Waals surface area (Å²) in [4.78, 5) is 8.85. The average molecular weight is 441 g/mol. The van der Waals surface area contributed by atoms with E-state index in [1.807, 2.05) is 26.8 Å². The summed E-state index contributed by atoms with van der Waals surface area (Å²) < 4.78 is 39.0. The number of sulfonamides is 1. The maximum absolute atomic E-state index is 13.1. The number of pyridine rings is 1. The van der Waals surface area contributed by atoms with Gasteiger partial charge in [0.15, 0.2) is 5.76 Å². The van der Waals surface area contributed by atoms with Crippen LogP contribution in [0.15, 0.2) is 56.4 Å². The molecule has 0 spiro atoms. The van der Waals surface area contributed by atoms with Crippen molar-refractivity contribution < 1.29 is 17.4 Å². The van der Waals surface area contributed by atoms with Gasteiger partial charge in [0.2, 0.25) is 15.8 Å². The molecule has 0 atom stereocenters. The van der Waals surface area contributed by atoms with Gasteiger partial charge in [0.1, 0.15) is 11.3 Å². The molecule has 8 nitrogen and oxygen atoms in total. The molecule has 31 heavy (non-hydrogen) atoms. The first-order valence-electron chi connectivity index (χ1n) is 10.2. The normalized spacial score (nSPS) is 12.1. The summed E-state index contributed by atoms with van der Waals surface area (Å²) >= 11 is 0. The molecule has 3 aromatic heterocycles. The molecule has 0 aliphatic rings. The molecule has 4 rings (SSSR count). The Morgan fingerprint density at radius 3 is 2.68 bits per heavy atom. The van der Waals surface area contributed by atoms with Gasteiger partial charge in [-0.15, -0.1) is 0 Å². The largest absolute Gasteiger partial charge is 0.451 e. The zero-order valence-corrected chi connectivity index (χ0v) is 18.5. The molecule has 9 heteroatoms. The van der Waals surface area contributed by atoms with E-state index in [4.69, 9.17) is 8.94 Å². The number of rotatable bonds is 8. The maximum Gasteiger partial charge on any atom is 0.294 e. The van der Waals surface area contributed by atoms with Crippen LogP contribution in [0.1, 0.15) is 32.3 Å². The summed E-state index contributed by atoms with van der Waals surface area (Å²) in [7, 11) is -3.59. The van der Waals surface area contributed by atoms with Crippen LogP contribution >= 0.6 is 0 Å². The highest BCUT2D eigenvalue weighted by molar-refractivity contribution is 7.89. The SMILES string of the molecule is CCCCN(CC)S(=O)(=O)c1ccc2oc(-c3nc(-c4ccccn4)no3)c(C)c2c1. The molecule has 1 aromatic carbocycles. The van der Waals surface area contributed by atoms with Crippen LogP contribution in [0.25, 0.3) is 34.1 Å². The second-order valence-corrected chi connectivity index (χ2v) is 9.14. The van der Waals surface area contributed by atoms with Crippen molar-refractivity contribution in [1.29, 1.82) is 0 Å². The van der Waals surface area contributed by atoms with Crippen molar-refractivity contribution in [1.82, 2.24) is 19.4 Å². The third kappa shape index (κ3) is 3.98. The Balaban J connectivity index is 1.72. The summed E-state index contributed by atoms with van der Waals surface area (Å²) in [6, 6.07) is 10.3. The summed E-state index contributed by atoms with van der Waals surface area (Å²) in [6.45, 7) is 6.66. The first kappa shape index (κ1) is 21.2. The Hall–Kier alpha value is -3.04. The maximum atomic E-state index is 13.1. The second-order valence-electron chi connectivity index (χ2n) is 7.20. The van der Waals surface area contributed by atoms with Crippen LogP contribution < -0.4 is 0 Å². The van der Waals surface area contributed by atoms with E-state index in [1.54, 1.807) is 36.5 Å². The minimum absolute atomic E-state index is 0.219. The summed E-state index contributed by atoms with van der Waals surface area (Å²) in [5.74, 6) is 0.989. The molecule has 0 unspecified atom stereocenters. The molecule has 4 aromatic rings. The fraction of sp³-hybridized carbons (Fsp3) is 0.318. The lowest BCUT2D eigenvalue weighted by atomic mass is 10.1. The van der Waals surface area contributed by atoms with Gasteiger partial charge in [-0.1, -0.05) is 31.5 Å². The predicted octanol–water partition coefficient (Wildman–Crippen LogP) is 4.66. The zero-order valence-electron chi connectivity index (χ0n) is 17.7. The number of nitrogens with zero attached hydrogens (tertiary/aromatic N) is 4. The molecule has 0 N–H and O–H groups in total. The van der Waals surface area contributed by atoms with E-state index < -0.39 is 10.0 Å². The van der Waals surface area contributed by atoms with Gasteiger partial charge < -0.3 is 8.94 Å². The minimum Gasteiger partial charge on any atom is -0.451 e. The van der Waals surface area contributed by atoms with Gasteiger partial charge >= 0.3 is 0 Å². The minimum atomic E-state index is -3.59. The van der Waals surface area contributed by atoms with Crippen molar-refractivity contribution in [3.63, 3.8) is 0 Å². The molecule has 3 heterocycles. The molecular weight excluding hydrogens is 416 g/mol. The average Bonchev–Trinajstić information content (AvgIpc) is 3.39. The smallest absolute Gasteiger partial charge is 0.294 e. The monoisotopic (exact) mass is 440 g/mol. The van der Waals surface area contributed by atoms with Gasteiger partial charge in [-0.2, -0.15) is 9.29 Å². The quantitative estimate of drug-likeness (QED) is 0.392. The van der Waals surface area contributed by atoms with E-state index in [2.05, 4.69) is 15.1 Å². The first-order chi connectivity index (χ1) is 15.0. The molecule has 0 aliphatic carbocycles. The van der Waals surface area contributed by atoms with Crippen LogP contribution in [0.2, 0.25) is 0 Å². The van der Waals surface area contributed by atoms with E-state index in [-0.39, 0.29) is 10.8 Å². The van der Waals surface area contributed by atoms with E-state index in [1.165, 1.54) is 4.31 Å². The highest BCUT2D eigenvalue weighted by Gasteiger charge is 2.25. The van der Waals surface area contributed by atoms with Gasteiger partial charge in [-0.3, -0.25) is 4.98 Å². The first-order valence-corrected chi connectivity index (χ1v) is 11.7. The standard InChI is InChI=1S/C22H24N4O4S/c1-4-6-13-26(5-2)31(27,28)16-10-11-19-17(14-16)15(3)20(29-19)22-24-21(25-30-22)18-9-7-8-12-23-18/h7-12,14H,4-6,13H2,1-3H3. The Kier molecular flexibility index (Phi) is 5.88. The van der Waals surface area contributed by atoms with E-state index >= 15 is 0 Å². The van der Waals surface area contributed by atoms with Gasteiger partial charge in [-0.05, 0) is 43.7 Å². The van der Waals surface area contributed by atoms with Crippen molar-refractivity contribution in [2.75, 3.05) is 13.1 Å².